The highest BCUT2D eigenvalue weighted by molar-refractivity contribution is 9.12. The quantitative estimate of drug-likeness (QED) is 0.758. The van der Waals surface area contributed by atoms with Crippen molar-refractivity contribution in [3.8, 4) is 11.1 Å². The first-order valence-corrected chi connectivity index (χ1v) is 9.09. The molecule has 0 amide bonds. The molecule has 1 aliphatic heterocycles. The molecule has 0 bridgehead atoms. The molecule has 2 aromatic rings. The van der Waals surface area contributed by atoms with E-state index in [1.807, 2.05) is 0 Å². The highest BCUT2D eigenvalue weighted by atomic mass is 79.9. The normalized spacial score (nSPS) is 16.6. The van der Waals surface area contributed by atoms with Gasteiger partial charge in [0.05, 0.1) is 7.57 Å². The maximum Gasteiger partial charge on any atom is 0.0788 e. The third kappa shape index (κ3) is 3.11. The van der Waals surface area contributed by atoms with Gasteiger partial charge in [-0.15, -0.1) is 11.3 Å². The summed E-state index contributed by atoms with van der Waals surface area (Å²) in [6, 6.07) is 11.4. The topological polar surface area (TPSA) is 29.3 Å². The van der Waals surface area contributed by atoms with Crippen molar-refractivity contribution in [2.75, 3.05) is 18.0 Å². The lowest BCUT2D eigenvalue weighted by Gasteiger charge is -2.32. The lowest BCUT2D eigenvalue weighted by atomic mass is 10.0. The number of nitrogens with zero attached hydrogens (tertiary/aromatic N) is 1. The highest BCUT2D eigenvalue weighted by Gasteiger charge is 2.16. The Balaban J connectivity index is 1.79. The van der Waals surface area contributed by atoms with E-state index in [1.165, 1.54) is 20.6 Å². The zero-order valence-corrected chi connectivity index (χ0v) is 15.0. The molecule has 1 aliphatic rings. The molecule has 5 heteroatoms. The fourth-order valence-corrected chi connectivity index (χ4v) is 5.41. The summed E-state index contributed by atoms with van der Waals surface area (Å²) in [4.78, 5) is 2.42. The van der Waals surface area contributed by atoms with Gasteiger partial charge in [0.2, 0.25) is 0 Å². The summed E-state index contributed by atoms with van der Waals surface area (Å²) < 4.78 is 2.31. The van der Waals surface area contributed by atoms with Gasteiger partial charge in [0.1, 0.15) is 0 Å². The van der Waals surface area contributed by atoms with E-state index in [2.05, 4.69) is 67.1 Å². The Morgan fingerprint density at radius 2 is 1.75 bits per heavy atom. The molecule has 2 heterocycles. The summed E-state index contributed by atoms with van der Waals surface area (Å²) >= 11 is 8.86. The van der Waals surface area contributed by atoms with Gasteiger partial charge in [-0.3, -0.25) is 0 Å². The standard InChI is InChI=1S/C15H16Br2N2S/c16-14-9-13(15(17)20-14)10-1-3-12(4-2-10)19-7-5-11(18)6-8-19/h1-4,9,11H,5-8,18H2. The van der Waals surface area contributed by atoms with Gasteiger partial charge < -0.3 is 10.6 Å². The van der Waals surface area contributed by atoms with E-state index in [9.17, 15) is 0 Å². The van der Waals surface area contributed by atoms with Crippen molar-refractivity contribution in [3.05, 3.63) is 37.9 Å². The Kier molecular flexibility index (Phi) is 4.50. The predicted molar refractivity (Wildman–Crippen MR) is 94.6 cm³/mol. The average molecular weight is 416 g/mol. The monoisotopic (exact) mass is 414 g/mol. The number of halogens is 2. The van der Waals surface area contributed by atoms with Crippen molar-refractivity contribution in [1.29, 1.82) is 0 Å². The van der Waals surface area contributed by atoms with Crippen LogP contribution in [0.15, 0.2) is 37.9 Å². The van der Waals surface area contributed by atoms with Gasteiger partial charge in [0, 0.05) is 30.4 Å². The molecule has 106 valence electrons. The summed E-state index contributed by atoms with van der Waals surface area (Å²) in [5.41, 5.74) is 9.75. The Hall–Kier alpha value is -0.360. The second-order valence-corrected chi connectivity index (χ2v) is 8.86. The highest BCUT2D eigenvalue weighted by Crippen LogP contribution is 2.39. The van der Waals surface area contributed by atoms with Crippen LogP contribution in [0.4, 0.5) is 5.69 Å². The number of anilines is 1. The molecule has 0 aliphatic carbocycles. The van der Waals surface area contributed by atoms with Crippen molar-refractivity contribution in [3.63, 3.8) is 0 Å². The van der Waals surface area contributed by atoms with Crippen LogP contribution in [0.1, 0.15) is 12.8 Å². The summed E-state index contributed by atoms with van der Waals surface area (Å²) in [6.07, 6.45) is 2.18. The molecule has 1 saturated heterocycles. The fourth-order valence-electron chi connectivity index (χ4n) is 2.55. The Morgan fingerprint density at radius 3 is 2.30 bits per heavy atom. The smallest absolute Gasteiger partial charge is 0.0788 e. The maximum absolute atomic E-state index is 5.96. The van der Waals surface area contributed by atoms with Crippen LogP contribution in [-0.4, -0.2) is 19.1 Å². The zero-order chi connectivity index (χ0) is 14.1. The minimum absolute atomic E-state index is 0.379. The van der Waals surface area contributed by atoms with Gasteiger partial charge in [-0.2, -0.15) is 0 Å². The molecule has 0 atom stereocenters. The summed E-state index contributed by atoms with van der Waals surface area (Å²) in [7, 11) is 0. The molecule has 2 N–H and O–H groups in total. The van der Waals surface area contributed by atoms with Gasteiger partial charge in [-0.25, -0.2) is 0 Å². The second kappa shape index (κ2) is 6.18. The lowest BCUT2D eigenvalue weighted by molar-refractivity contribution is 0.501. The van der Waals surface area contributed by atoms with Crippen molar-refractivity contribution in [2.24, 2.45) is 5.73 Å². The number of hydrogen-bond acceptors (Lipinski definition) is 3. The first kappa shape index (κ1) is 14.6. The van der Waals surface area contributed by atoms with E-state index in [4.69, 9.17) is 5.73 Å². The van der Waals surface area contributed by atoms with Crippen LogP contribution in [-0.2, 0) is 0 Å². The van der Waals surface area contributed by atoms with E-state index in [0.717, 1.165) is 29.7 Å². The van der Waals surface area contributed by atoms with E-state index < -0.39 is 0 Å². The Bertz CT molecular complexity index is 586. The molecule has 1 aromatic heterocycles. The number of piperidine rings is 1. The molecule has 1 aromatic carbocycles. The molecule has 0 saturated carbocycles. The number of nitrogens with two attached hydrogens (primary N) is 1. The van der Waals surface area contributed by atoms with Crippen LogP contribution in [0.5, 0.6) is 0 Å². The van der Waals surface area contributed by atoms with E-state index in [1.54, 1.807) is 11.3 Å². The molecule has 0 unspecified atom stereocenters. The molecule has 2 nitrogen and oxygen atoms in total. The van der Waals surface area contributed by atoms with Crippen molar-refractivity contribution in [1.82, 2.24) is 0 Å². The summed E-state index contributed by atoms with van der Waals surface area (Å²) in [5, 5.41) is 0. The minimum Gasteiger partial charge on any atom is -0.371 e. The van der Waals surface area contributed by atoms with Gasteiger partial charge >= 0.3 is 0 Å². The van der Waals surface area contributed by atoms with Crippen LogP contribution in [0.2, 0.25) is 0 Å². The van der Waals surface area contributed by atoms with Crippen LogP contribution in [0, 0.1) is 0 Å². The van der Waals surface area contributed by atoms with Crippen LogP contribution in [0.3, 0.4) is 0 Å². The molecule has 3 rings (SSSR count). The van der Waals surface area contributed by atoms with Crippen molar-refractivity contribution >= 4 is 48.9 Å². The maximum atomic E-state index is 5.96. The van der Waals surface area contributed by atoms with Gasteiger partial charge in [0.15, 0.2) is 0 Å². The third-order valence-electron chi connectivity index (χ3n) is 3.74. The Labute approximate surface area is 140 Å². The van der Waals surface area contributed by atoms with Gasteiger partial charge in [0.25, 0.3) is 0 Å². The molecular weight excluding hydrogens is 400 g/mol. The lowest BCUT2D eigenvalue weighted by Crippen LogP contribution is -2.39. The fraction of sp³-hybridized carbons (Fsp3) is 0.333. The average Bonchev–Trinajstić information content (AvgIpc) is 2.79. The van der Waals surface area contributed by atoms with Crippen molar-refractivity contribution < 1.29 is 0 Å². The van der Waals surface area contributed by atoms with Crippen molar-refractivity contribution in [2.45, 2.75) is 18.9 Å². The van der Waals surface area contributed by atoms with E-state index in [0.29, 0.717) is 6.04 Å². The number of benzene rings is 1. The third-order valence-corrected chi connectivity index (χ3v) is 6.08. The Morgan fingerprint density at radius 1 is 1.10 bits per heavy atom. The van der Waals surface area contributed by atoms with E-state index in [-0.39, 0.29) is 0 Å². The minimum atomic E-state index is 0.379. The number of rotatable bonds is 2. The van der Waals surface area contributed by atoms with Crippen LogP contribution < -0.4 is 10.6 Å². The molecule has 1 fully saturated rings. The molecule has 0 radical (unpaired) electrons. The van der Waals surface area contributed by atoms with Gasteiger partial charge in [-0.1, -0.05) is 12.1 Å². The zero-order valence-electron chi connectivity index (χ0n) is 11.0. The van der Waals surface area contributed by atoms with Gasteiger partial charge in [-0.05, 0) is 68.5 Å². The first-order chi connectivity index (χ1) is 9.63. The molecular formula is C15H16Br2N2S. The summed E-state index contributed by atoms with van der Waals surface area (Å²) in [6.45, 7) is 2.13. The largest absolute Gasteiger partial charge is 0.371 e. The molecule has 0 spiro atoms. The molecule has 20 heavy (non-hydrogen) atoms. The SMILES string of the molecule is NC1CCN(c2ccc(-c3cc(Br)sc3Br)cc2)CC1. The number of thiophene rings is 1. The number of hydrogen-bond donors (Lipinski definition) is 1. The second-order valence-electron chi connectivity index (χ2n) is 5.11. The predicted octanol–water partition coefficient (Wildman–Crippen LogP) is 4.87. The van der Waals surface area contributed by atoms with Crippen LogP contribution >= 0.6 is 43.2 Å². The first-order valence-electron chi connectivity index (χ1n) is 6.69. The van der Waals surface area contributed by atoms with E-state index >= 15 is 0 Å². The van der Waals surface area contributed by atoms with Crippen LogP contribution in [0.25, 0.3) is 11.1 Å². The summed E-state index contributed by atoms with van der Waals surface area (Å²) in [5.74, 6) is 0.